The lowest BCUT2D eigenvalue weighted by Gasteiger charge is -2.45. The van der Waals surface area contributed by atoms with E-state index in [1.54, 1.807) is 21.0 Å². The van der Waals surface area contributed by atoms with Crippen LogP contribution in [0.15, 0.2) is 60.7 Å². The maximum Gasteiger partial charge on any atom is 0.261 e. The second-order valence-corrected chi connectivity index (χ2v) is 19.3. The van der Waals surface area contributed by atoms with Crippen molar-refractivity contribution in [3.8, 4) is 0 Å². The Kier molecular flexibility index (Phi) is 11.2. The molecule has 0 bridgehead atoms. The Hall–Kier alpha value is -1.82. The molecule has 7 atom stereocenters. The maximum absolute atomic E-state index is 10.6. The molecule has 6 rings (SSSR count). The minimum absolute atomic E-state index is 0.148. The average Bonchev–Trinajstić information content (AvgIpc) is 3.72. The summed E-state index contributed by atoms with van der Waals surface area (Å²) in [6.07, 6.45) is -3.19. The van der Waals surface area contributed by atoms with E-state index in [9.17, 15) is 15.3 Å². The normalized spacial score (nSPS) is 32.7. The minimum atomic E-state index is -2.82. The summed E-state index contributed by atoms with van der Waals surface area (Å²) < 4.78 is 53.2. The first-order chi connectivity index (χ1) is 23.1. The summed E-state index contributed by atoms with van der Waals surface area (Å²) in [5.74, 6) is -1.50. The summed E-state index contributed by atoms with van der Waals surface area (Å²) in [6.45, 7) is 13.1. The van der Waals surface area contributed by atoms with Crippen LogP contribution in [-0.2, 0) is 42.3 Å². The number of hydrogen-bond donors (Lipinski definition) is 3. The van der Waals surface area contributed by atoms with E-state index in [1.807, 2.05) is 26.0 Å². The number of hydrogen-bond acceptors (Lipinski definition) is 12. The van der Waals surface area contributed by atoms with Gasteiger partial charge in [0.2, 0.25) is 0 Å². The Balaban J connectivity index is 0.000000244. The topological polar surface area (TPSA) is 144 Å². The molecule has 4 heterocycles. The van der Waals surface area contributed by atoms with Crippen molar-refractivity contribution in [2.45, 2.75) is 113 Å². The molecular weight excluding hydrogens is 652 g/mol. The zero-order valence-electron chi connectivity index (χ0n) is 30.1. The number of ether oxygens (including phenoxy) is 8. The molecule has 0 radical (unpaired) electrons. The fourth-order valence-electron chi connectivity index (χ4n) is 7.59. The molecule has 2 aromatic carbocycles. The van der Waals surface area contributed by atoms with Crippen molar-refractivity contribution in [1.82, 2.24) is 0 Å². The first-order valence-electron chi connectivity index (χ1n) is 16.8. The van der Waals surface area contributed by atoms with Gasteiger partial charge in [0.1, 0.15) is 35.6 Å². The number of benzene rings is 2. The standard InChI is InChI=1S/C26H36O6Si.C10H18O6/c1-24(2,3)33(19-13-9-7-10-14-19,20-15-11-8-12-16-20)29-18-26(17-27)22(28-6)21-23(32-26)31-25(4,5)30-21;1-9(2)14-6-7(13-3)10(4-11,5-12)16-8(6)15-9/h7-16,21-23,27H,17-18H2,1-6H3;6-8,11-12H,4-5H2,1-3H3/t21-,22+,23+,26+;6-,7+,8+/m11/s1. The smallest absolute Gasteiger partial charge is 0.261 e. The van der Waals surface area contributed by atoms with E-state index >= 15 is 0 Å². The first kappa shape index (κ1) is 38.4. The average molecular weight is 707 g/mol. The van der Waals surface area contributed by atoms with E-state index in [0.29, 0.717) is 0 Å². The third-order valence-electron chi connectivity index (χ3n) is 9.77. The van der Waals surface area contributed by atoms with Gasteiger partial charge in [0.05, 0.1) is 26.4 Å². The zero-order valence-corrected chi connectivity index (χ0v) is 31.1. The van der Waals surface area contributed by atoms with Crippen molar-refractivity contribution in [3.05, 3.63) is 60.7 Å². The highest BCUT2D eigenvalue weighted by Crippen LogP contribution is 2.46. The number of methoxy groups -OCH3 is 2. The molecule has 0 aromatic heterocycles. The molecular formula is C36H54O12Si. The lowest BCUT2D eigenvalue weighted by molar-refractivity contribution is -0.255. The molecule has 0 aliphatic carbocycles. The SMILES string of the molecule is CO[C@H]1[C@H]2OC(C)(C)O[C@H]2OC1(CO)CO.CO[C@H]1[C@H]2OC(C)(C)O[C@H]2O[C@@]1(CO)CO[Si](c1ccccc1)(c1ccccc1)C(C)(C)C. The number of aliphatic hydroxyl groups is 3. The molecule has 49 heavy (non-hydrogen) atoms. The molecule has 274 valence electrons. The number of fused-ring (bicyclic) bond motifs is 2. The van der Waals surface area contributed by atoms with E-state index in [-0.39, 0.29) is 31.5 Å². The highest BCUT2D eigenvalue weighted by Gasteiger charge is 2.64. The van der Waals surface area contributed by atoms with Gasteiger partial charge in [0.15, 0.2) is 24.2 Å². The van der Waals surface area contributed by atoms with Crippen LogP contribution in [0.25, 0.3) is 0 Å². The molecule has 0 saturated carbocycles. The molecule has 2 aromatic rings. The van der Waals surface area contributed by atoms with Crippen molar-refractivity contribution in [2.75, 3.05) is 40.6 Å². The van der Waals surface area contributed by atoms with E-state index < -0.39 is 68.1 Å². The molecule has 0 unspecified atom stereocenters. The summed E-state index contributed by atoms with van der Waals surface area (Å²) >= 11 is 0. The van der Waals surface area contributed by atoms with Crippen molar-refractivity contribution in [1.29, 1.82) is 0 Å². The molecule has 4 aliphatic rings. The van der Waals surface area contributed by atoms with Gasteiger partial charge < -0.3 is 57.6 Å². The molecule has 4 saturated heterocycles. The van der Waals surface area contributed by atoms with Crippen LogP contribution in [0.5, 0.6) is 0 Å². The van der Waals surface area contributed by atoms with Crippen LogP contribution in [0.1, 0.15) is 48.5 Å². The Morgan fingerprint density at radius 1 is 0.612 bits per heavy atom. The molecule has 3 N–H and O–H groups in total. The van der Waals surface area contributed by atoms with Crippen molar-refractivity contribution >= 4 is 18.7 Å². The third kappa shape index (κ3) is 7.04. The molecule has 4 fully saturated rings. The fraction of sp³-hybridized carbons (Fsp3) is 0.667. The zero-order chi connectivity index (χ0) is 35.9. The maximum atomic E-state index is 10.6. The second-order valence-electron chi connectivity index (χ2n) is 15.0. The molecule has 0 spiro atoms. The lowest BCUT2D eigenvalue weighted by atomic mass is 9.97. The fourth-order valence-corrected chi connectivity index (χ4v) is 12.2. The van der Waals surface area contributed by atoms with Gasteiger partial charge in [0, 0.05) is 14.2 Å². The number of aliphatic hydroxyl groups excluding tert-OH is 3. The summed E-state index contributed by atoms with van der Waals surface area (Å²) in [4.78, 5) is 0. The van der Waals surface area contributed by atoms with Crippen LogP contribution < -0.4 is 10.4 Å². The summed E-state index contributed by atoms with van der Waals surface area (Å²) in [7, 11) is 0.285. The minimum Gasteiger partial charge on any atom is -0.404 e. The van der Waals surface area contributed by atoms with Gasteiger partial charge in [-0.1, -0.05) is 81.4 Å². The predicted octanol–water partition coefficient (Wildman–Crippen LogP) is 2.05. The molecule has 4 aliphatic heterocycles. The monoisotopic (exact) mass is 706 g/mol. The van der Waals surface area contributed by atoms with Gasteiger partial charge >= 0.3 is 0 Å². The van der Waals surface area contributed by atoms with E-state index in [1.165, 1.54) is 7.11 Å². The Morgan fingerprint density at radius 2 is 1.00 bits per heavy atom. The summed E-state index contributed by atoms with van der Waals surface area (Å²) in [5.41, 5.74) is -2.26. The summed E-state index contributed by atoms with van der Waals surface area (Å²) in [6, 6.07) is 20.8. The first-order valence-corrected chi connectivity index (χ1v) is 18.7. The van der Waals surface area contributed by atoms with Crippen molar-refractivity contribution in [2.24, 2.45) is 0 Å². The van der Waals surface area contributed by atoms with Gasteiger partial charge in [-0.25, -0.2) is 0 Å². The van der Waals surface area contributed by atoms with Crippen molar-refractivity contribution in [3.63, 3.8) is 0 Å². The number of rotatable bonds is 10. The summed E-state index contributed by atoms with van der Waals surface area (Å²) in [5, 5.41) is 31.4. The van der Waals surface area contributed by atoms with Crippen LogP contribution in [0.2, 0.25) is 5.04 Å². The van der Waals surface area contributed by atoms with Gasteiger partial charge in [-0.15, -0.1) is 0 Å². The van der Waals surface area contributed by atoms with E-state index in [2.05, 4.69) is 69.3 Å². The van der Waals surface area contributed by atoms with Gasteiger partial charge in [-0.05, 0) is 43.1 Å². The highest BCUT2D eigenvalue weighted by atomic mass is 28.4. The Bertz CT molecular complexity index is 1330. The molecule has 13 heteroatoms. The van der Waals surface area contributed by atoms with Gasteiger partial charge in [-0.3, -0.25) is 0 Å². The largest absolute Gasteiger partial charge is 0.404 e. The predicted molar refractivity (Wildman–Crippen MR) is 182 cm³/mol. The second kappa shape index (κ2) is 14.3. The van der Waals surface area contributed by atoms with Crippen molar-refractivity contribution < 1.29 is 57.6 Å². The third-order valence-corrected chi connectivity index (χ3v) is 14.8. The Morgan fingerprint density at radius 3 is 1.37 bits per heavy atom. The van der Waals surface area contributed by atoms with Crippen LogP contribution >= 0.6 is 0 Å². The quantitative estimate of drug-likeness (QED) is 0.311. The van der Waals surface area contributed by atoms with Crippen LogP contribution in [0.4, 0.5) is 0 Å². The van der Waals surface area contributed by atoms with Crippen LogP contribution in [-0.4, -0.2) is 124 Å². The van der Waals surface area contributed by atoms with Crippen LogP contribution in [0, 0.1) is 0 Å². The Labute approximate surface area is 290 Å². The van der Waals surface area contributed by atoms with Gasteiger partial charge in [-0.2, -0.15) is 0 Å². The highest BCUT2D eigenvalue weighted by molar-refractivity contribution is 6.99. The lowest BCUT2D eigenvalue weighted by Crippen LogP contribution is -2.68. The molecule has 0 amide bonds. The molecule has 12 nitrogen and oxygen atoms in total. The van der Waals surface area contributed by atoms with E-state index in [4.69, 9.17) is 42.3 Å². The van der Waals surface area contributed by atoms with E-state index in [0.717, 1.165) is 10.4 Å². The van der Waals surface area contributed by atoms with Gasteiger partial charge in [0.25, 0.3) is 8.32 Å². The van der Waals surface area contributed by atoms with Crippen LogP contribution in [0.3, 0.4) is 0 Å².